The van der Waals surface area contributed by atoms with Gasteiger partial charge >= 0.3 is 0 Å². The summed E-state index contributed by atoms with van der Waals surface area (Å²) in [7, 11) is 0. The lowest BCUT2D eigenvalue weighted by Crippen LogP contribution is -2.30. The molecule has 7 nitrogen and oxygen atoms in total. The van der Waals surface area contributed by atoms with Crippen molar-refractivity contribution >= 4 is 5.91 Å². The third kappa shape index (κ3) is 3.37. The highest BCUT2D eigenvalue weighted by Gasteiger charge is 2.23. The molecule has 2 heterocycles. The summed E-state index contributed by atoms with van der Waals surface area (Å²) in [5, 5.41) is 10.9. The summed E-state index contributed by atoms with van der Waals surface area (Å²) in [6.45, 7) is 1.88. The van der Waals surface area contributed by atoms with E-state index in [1.54, 1.807) is 25.1 Å². The molecule has 0 saturated carbocycles. The fourth-order valence-corrected chi connectivity index (χ4v) is 2.78. The lowest BCUT2D eigenvalue weighted by atomic mass is 10.1. The van der Waals surface area contributed by atoms with E-state index in [0.29, 0.717) is 35.3 Å². The lowest BCUT2D eigenvalue weighted by molar-refractivity contribution is 0.0929. The van der Waals surface area contributed by atoms with Gasteiger partial charge in [0.25, 0.3) is 5.91 Å². The number of hydrogen-bond donors (Lipinski definition) is 1. The second-order valence-electron chi connectivity index (χ2n) is 5.94. The first-order chi connectivity index (χ1) is 12.7. The number of nitrogens with zero attached hydrogens (tertiary/aromatic N) is 2. The quantitative estimate of drug-likeness (QED) is 0.761. The van der Waals surface area contributed by atoms with Crippen LogP contribution in [0.25, 0.3) is 0 Å². The van der Waals surface area contributed by atoms with Gasteiger partial charge in [0.15, 0.2) is 11.5 Å². The molecule has 1 aromatic heterocycles. The molecule has 0 spiro atoms. The molecule has 0 saturated heterocycles. The van der Waals surface area contributed by atoms with E-state index in [-0.39, 0.29) is 12.7 Å². The van der Waals surface area contributed by atoms with Gasteiger partial charge < -0.3 is 19.2 Å². The molecule has 1 amide bonds. The number of rotatable bonds is 5. The minimum Gasteiger partial charge on any atom is -0.454 e. The maximum Gasteiger partial charge on any atom is 0.252 e. The first-order valence-electron chi connectivity index (χ1n) is 8.23. The molecule has 1 aliphatic heterocycles. The number of hydrogen-bond acceptors (Lipinski definition) is 6. The molecule has 1 aliphatic rings. The summed E-state index contributed by atoms with van der Waals surface area (Å²) in [5.74, 6) is 1.77. The van der Waals surface area contributed by atoms with Crippen molar-refractivity contribution in [1.29, 1.82) is 0 Å². The molecule has 0 radical (unpaired) electrons. The average molecular weight is 351 g/mol. The van der Waals surface area contributed by atoms with Crippen molar-refractivity contribution in [2.75, 3.05) is 6.79 Å². The Hall–Kier alpha value is -3.35. The number of aryl methyl sites for hydroxylation is 1. The molecule has 0 aliphatic carbocycles. The summed E-state index contributed by atoms with van der Waals surface area (Å²) in [6.07, 6.45) is 0.540. The summed E-state index contributed by atoms with van der Waals surface area (Å²) in [5.41, 5.74) is 1.53. The number of nitrogens with one attached hydrogen (secondary N) is 1. The van der Waals surface area contributed by atoms with Gasteiger partial charge in [0.05, 0.1) is 0 Å². The van der Waals surface area contributed by atoms with E-state index in [0.717, 1.165) is 5.56 Å². The van der Waals surface area contributed by atoms with Gasteiger partial charge in [-0.3, -0.25) is 4.79 Å². The first kappa shape index (κ1) is 16.1. The van der Waals surface area contributed by atoms with Gasteiger partial charge in [0.1, 0.15) is 6.04 Å². The fourth-order valence-electron chi connectivity index (χ4n) is 2.78. The van der Waals surface area contributed by atoms with Crippen LogP contribution < -0.4 is 14.8 Å². The third-order valence-electron chi connectivity index (χ3n) is 4.06. The third-order valence-corrected chi connectivity index (χ3v) is 4.06. The molecule has 1 unspecified atom stereocenters. The number of benzene rings is 2. The minimum atomic E-state index is -0.434. The molecule has 0 fully saturated rings. The predicted molar refractivity (Wildman–Crippen MR) is 92.0 cm³/mol. The second-order valence-corrected chi connectivity index (χ2v) is 5.94. The average Bonchev–Trinajstić information content (AvgIpc) is 3.30. The molecule has 4 rings (SSSR count). The van der Waals surface area contributed by atoms with Crippen LogP contribution in [0.5, 0.6) is 11.5 Å². The van der Waals surface area contributed by atoms with E-state index >= 15 is 0 Å². The minimum absolute atomic E-state index is 0.165. The van der Waals surface area contributed by atoms with Crippen LogP contribution in [0, 0.1) is 6.92 Å². The fraction of sp³-hybridized carbons (Fsp3) is 0.211. The highest BCUT2D eigenvalue weighted by Crippen LogP contribution is 2.32. The Morgan fingerprint density at radius 2 is 1.92 bits per heavy atom. The Bertz CT molecular complexity index is 924. The van der Waals surface area contributed by atoms with Crippen molar-refractivity contribution in [2.45, 2.75) is 19.4 Å². The summed E-state index contributed by atoms with van der Waals surface area (Å²) in [4.78, 5) is 12.7. The van der Waals surface area contributed by atoms with Crippen LogP contribution in [0.2, 0.25) is 0 Å². The van der Waals surface area contributed by atoms with Gasteiger partial charge in [0.2, 0.25) is 18.6 Å². The Kier molecular flexibility index (Phi) is 4.27. The summed E-state index contributed by atoms with van der Waals surface area (Å²) >= 11 is 0. The van der Waals surface area contributed by atoms with Gasteiger partial charge in [-0.25, -0.2) is 0 Å². The first-order valence-corrected chi connectivity index (χ1v) is 8.23. The van der Waals surface area contributed by atoms with Crippen LogP contribution in [0.4, 0.5) is 0 Å². The Morgan fingerprint density at radius 3 is 2.69 bits per heavy atom. The standard InChI is InChI=1S/C19H17N3O4/c1-12-21-22-19(26-12)15(9-13-5-3-2-4-6-13)20-18(23)14-7-8-16-17(10-14)25-11-24-16/h2-8,10,15H,9,11H2,1H3,(H,20,23). The van der Waals surface area contributed by atoms with Crippen molar-refractivity contribution in [2.24, 2.45) is 0 Å². The van der Waals surface area contributed by atoms with E-state index < -0.39 is 6.04 Å². The van der Waals surface area contributed by atoms with Gasteiger partial charge in [-0.2, -0.15) is 0 Å². The number of ether oxygens (including phenoxy) is 2. The van der Waals surface area contributed by atoms with Crippen LogP contribution in [0.15, 0.2) is 52.9 Å². The lowest BCUT2D eigenvalue weighted by Gasteiger charge is -2.15. The van der Waals surface area contributed by atoms with Crippen LogP contribution in [0.3, 0.4) is 0 Å². The van der Waals surface area contributed by atoms with Gasteiger partial charge in [-0.15, -0.1) is 10.2 Å². The molecule has 1 atom stereocenters. The number of amides is 1. The number of aromatic nitrogens is 2. The van der Waals surface area contributed by atoms with Crippen molar-refractivity contribution in [3.05, 3.63) is 71.4 Å². The molecule has 0 bridgehead atoms. The zero-order valence-corrected chi connectivity index (χ0v) is 14.1. The molecule has 26 heavy (non-hydrogen) atoms. The van der Waals surface area contributed by atoms with Gasteiger partial charge in [0, 0.05) is 18.9 Å². The zero-order valence-electron chi connectivity index (χ0n) is 14.1. The van der Waals surface area contributed by atoms with Crippen LogP contribution in [-0.2, 0) is 6.42 Å². The normalized spacial score (nSPS) is 13.4. The molecular weight excluding hydrogens is 334 g/mol. The van der Waals surface area contributed by atoms with Crippen molar-refractivity contribution in [3.63, 3.8) is 0 Å². The Balaban J connectivity index is 1.56. The van der Waals surface area contributed by atoms with E-state index in [4.69, 9.17) is 13.9 Å². The van der Waals surface area contributed by atoms with Crippen molar-refractivity contribution < 1.29 is 18.7 Å². The van der Waals surface area contributed by atoms with E-state index in [2.05, 4.69) is 15.5 Å². The predicted octanol–water partition coefficient (Wildman–Crippen LogP) is 2.82. The molecule has 2 aromatic carbocycles. The number of carbonyl (C=O) groups excluding carboxylic acids is 1. The molecular formula is C19H17N3O4. The van der Waals surface area contributed by atoms with Gasteiger partial charge in [-0.1, -0.05) is 30.3 Å². The van der Waals surface area contributed by atoms with Crippen LogP contribution in [0.1, 0.15) is 33.7 Å². The SMILES string of the molecule is Cc1nnc(C(Cc2ccccc2)NC(=O)c2ccc3c(c2)OCO3)o1. The molecule has 7 heteroatoms. The number of fused-ring (bicyclic) bond motifs is 1. The smallest absolute Gasteiger partial charge is 0.252 e. The topological polar surface area (TPSA) is 86.5 Å². The maximum atomic E-state index is 12.7. The van der Waals surface area contributed by atoms with E-state index in [9.17, 15) is 4.79 Å². The zero-order chi connectivity index (χ0) is 17.9. The Morgan fingerprint density at radius 1 is 1.12 bits per heavy atom. The largest absolute Gasteiger partial charge is 0.454 e. The molecule has 1 N–H and O–H groups in total. The molecule has 3 aromatic rings. The van der Waals surface area contributed by atoms with E-state index in [1.807, 2.05) is 30.3 Å². The Labute approximate surface area is 150 Å². The summed E-state index contributed by atoms with van der Waals surface area (Å²) in [6, 6.07) is 14.5. The summed E-state index contributed by atoms with van der Waals surface area (Å²) < 4.78 is 16.2. The number of carbonyl (C=O) groups is 1. The van der Waals surface area contributed by atoms with E-state index in [1.165, 1.54) is 0 Å². The van der Waals surface area contributed by atoms with Crippen molar-refractivity contribution in [1.82, 2.24) is 15.5 Å². The van der Waals surface area contributed by atoms with Gasteiger partial charge in [-0.05, 0) is 23.8 Å². The molecule has 132 valence electrons. The maximum absolute atomic E-state index is 12.7. The monoisotopic (exact) mass is 351 g/mol. The highest BCUT2D eigenvalue weighted by molar-refractivity contribution is 5.95. The highest BCUT2D eigenvalue weighted by atomic mass is 16.7. The van der Waals surface area contributed by atoms with Crippen molar-refractivity contribution in [3.8, 4) is 11.5 Å². The van der Waals surface area contributed by atoms with Crippen LogP contribution >= 0.6 is 0 Å². The van der Waals surface area contributed by atoms with Crippen LogP contribution in [-0.4, -0.2) is 22.9 Å². The second kappa shape index (κ2) is 6.87.